The number of imidazole rings is 1. The van der Waals surface area contributed by atoms with Crippen LogP contribution in [0.4, 0.5) is 0 Å². The number of H-pyrrole nitrogens is 1. The lowest BCUT2D eigenvalue weighted by atomic mass is 10.2. The second-order valence-corrected chi connectivity index (χ2v) is 7.39. The number of hydrogen-bond donors (Lipinski definition) is 1. The molecule has 1 aliphatic heterocycles. The molecular weight excluding hydrogens is 326 g/mol. The van der Waals surface area contributed by atoms with Gasteiger partial charge in [-0.05, 0) is 31.4 Å². The van der Waals surface area contributed by atoms with Gasteiger partial charge in [-0.1, -0.05) is 0 Å². The van der Waals surface area contributed by atoms with Crippen molar-refractivity contribution in [3.63, 3.8) is 0 Å². The van der Waals surface area contributed by atoms with E-state index < -0.39 is 0 Å². The second kappa shape index (κ2) is 6.85. The van der Waals surface area contributed by atoms with E-state index in [1.54, 1.807) is 0 Å². The first-order valence-electron chi connectivity index (χ1n) is 9.67. The molecule has 5 rings (SSSR count). The van der Waals surface area contributed by atoms with E-state index >= 15 is 0 Å². The molecule has 3 aromatic rings. The lowest BCUT2D eigenvalue weighted by Gasteiger charge is -2.26. The summed E-state index contributed by atoms with van der Waals surface area (Å²) in [5.41, 5.74) is 4.20. The summed E-state index contributed by atoms with van der Waals surface area (Å²) in [5.74, 6) is 1.91. The number of fused-ring (bicyclic) bond motifs is 1. The van der Waals surface area contributed by atoms with Gasteiger partial charge in [-0.2, -0.15) is 0 Å². The van der Waals surface area contributed by atoms with Crippen LogP contribution in [0.5, 0.6) is 0 Å². The van der Waals surface area contributed by atoms with E-state index in [1.165, 1.54) is 18.7 Å². The molecule has 1 N–H and O–H groups in total. The molecule has 2 fully saturated rings. The SMILES string of the molecule is c1cc2ncc(-c3cn(CCCN4CCOCC4)c(C4CC4)n3)cc2[nH]1. The van der Waals surface area contributed by atoms with E-state index in [1.807, 2.05) is 18.5 Å². The van der Waals surface area contributed by atoms with Crippen molar-refractivity contribution in [2.45, 2.75) is 31.7 Å². The van der Waals surface area contributed by atoms with Gasteiger partial charge in [0.25, 0.3) is 0 Å². The zero-order valence-electron chi connectivity index (χ0n) is 15.0. The molecule has 3 aromatic heterocycles. The maximum Gasteiger partial charge on any atom is 0.112 e. The Morgan fingerprint density at radius 2 is 2.08 bits per heavy atom. The summed E-state index contributed by atoms with van der Waals surface area (Å²) in [6, 6.07) is 4.15. The average Bonchev–Trinajstić information content (AvgIpc) is 3.26. The maximum atomic E-state index is 5.43. The summed E-state index contributed by atoms with van der Waals surface area (Å²) < 4.78 is 7.82. The molecule has 0 atom stereocenters. The highest BCUT2D eigenvalue weighted by Gasteiger charge is 2.29. The number of aromatic amines is 1. The third-order valence-corrected chi connectivity index (χ3v) is 5.42. The fourth-order valence-electron chi connectivity index (χ4n) is 3.78. The Morgan fingerprint density at radius 1 is 1.19 bits per heavy atom. The van der Waals surface area contributed by atoms with Crippen molar-refractivity contribution in [1.29, 1.82) is 0 Å². The summed E-state index contributed by atoms with van der Waals surface area (Å²) in [6.45, 7) is 6.04. The molecule has 1 aliphatic carbocycles. The average molecular weight is 351 g/mol. The van der Waals surface area contributed by atoms with Crippen LogP contribution in [-0.4, -0.2) is 57.3 Å². The van der Waals surface area contributed by atoms with Gasteiger partial charge in [-0.3, -0.25) is 9.88 Å². The number of pyridine rings is 1. The quantitative estimate of drug-likeness (QED) is 0.742. The molecule has 0 unspecified atom stereocenters. The van der Waals surface area contributed by atoms with Crippen LogP contribution in [0.25, 0.3) is 22.3 Å². The van der Waals surface area contributed by atoms with E-state index in [4.69, 9.17) is 9.72 Å². The molecule has 136 valence electrons. The highest BCUT2D eigenvalue weighted by molar-refractivity contribution is 5.79. The third-order valence-electron chi connectivity index (χ3n) is 5.42. The van der Waals surface area contributed by atoms with Crippen molar-refractivity contribution < 1.29 is 4.74 Å². The lowest BCUT2D eigenvalue weighted by Crippen LogP contribution is -2.37. The second-order valence-electron chi connectivity index (χ2n) is 7.39. The summed E-state index contributed by atoms with van der Waals surface area (Å²) in [5, 5.41) is 0. The molecule has 0 radical (unpaired) electrons. The van der Waals surface area contributed by atoms with Crippen LogP contribution in [0.1, 0.15) is 31.0 Å². The van der Waals surface area contributed by atoms with Gasteiger partial charge in [0.15, 0.2) is 0 Å². The molecule has 26 heavy (non-hydrogen) atoms. The molecular formula is C20H25N5O. The number of ether oxygens (including phenoxy) is 1. The smallest absolute Gasteiger partial charge is 0.112 e. The summed E-state index contributed by atoms with van der Waals surface area (Å²) in [7, 11) is 0. The number of aryl methyl sites for hydroxylation is 1. The van der Waals surface area contributed by atoms with Crippen LogP contribution in [0.2, 0.25) is 0 Å². The predicted molar refractivity (Wildman–Crippen MR) is 101 cm³/mol. The minimum atomic E-state index is 0.648. The van der Waals surface area contributed by atoms with Crippen LogP contribution in [0, 0.1) is 0 Å². The van der Waals surface area contributed by atoms with Gasteiger partial charge in [0.1, 0.15) is 5.82 Å². The molecule has 6 heteroatoms. The monoisotopic (exact) mass is 351 g/mol. The van der Waals surface area contributed by atoms with E-state index in [0.717, 1.165) is 68.1 Å². The van der Waals surface area contributed by atoms with Crippen molar-refractivity contribution in [2.75, 3.05) is 32.8 Å². The zero-order chi connectivity index (χ0) is 17.3. The number of nitrogens with zero attached hydrogens (tertiary/aromatic N) is 4. The number of nitrogens with one attached hydrogen (secondary N) is 1. The van der Waals surface area contributed by atoms with E-state index in [-0.39, 0.29) is 0 Å². The Kier molecular flexibility index (Phi) is 4.22. The highest BCUT2D eigenvalue weighted by Crippen LogP contribution is 2.40. The Bertz CT molecular complexity index is 889. The molecule has 0 spiro atoms. The number of aromatic nitrogens is 4. The van der Waals surface area contributed by atoms with Crippen LogP contribution < -0.4 is 0 Å². The standard InChI is InChI=1S/C20H25N5O/c1(6-24-8-10-26-11-9-24)7-25-14-19(23-20(25)15-2-3-15)16-12-18-17(22-13-16)4-5-21-18/h4-5,12-15,21H,1-3,6-11H2. The first-order valence-corrected chi connectivity index (χ1v) is 9.67. The van der Waals surface area contributed by atoms with Crippen LogP contribution in [0.15, 0.2) is 30.7 Å². The fourth-order valence-corrected chi connectivity index (χ4v) is 3.78. The fraction of sp³-hybridized carbons (Fsp3) is 0.500. The van der Waals surface area contributed by atoms with Gasteiger partial charge in [0.2, 0.25) is 0 Å². The van der Waals surface area contributed by atoms with Gasteiger partial charge in [-0.15, -0.1) is 0 Å². The van der Waals surface area contributed by atoms with E-state index in [9.17, 15) is 0 Å². The maximum absolute atomic E-state index is 5.43. The third kappa shape index (κ3) is 3.27. The summed E-state index contributed by atoms with van der Waals surface area (Å²) in [4.78, 5) is 15.3. The molecule has 1 saturated heterocycles. The first kappa shape index (κ1) is 16.0. The Hall–Kier alpha value is -2.18. The molecule has 2 aliphatic rings. The van der Waals surface area contributed by atoms with E-state index in [2.05, 4.69) is 31.7 Å². The summed E-state index contributed by atoms with van der Waals surface area (Å²) in [6.07, 6.45) is 9.79. The van der Waals surface area contributed by atoms with Crippen LogP contribution in [0.3, 0.4) is 0 Å². The Labute approximate surface area is 153 Å². The molecule has 6 nitrogen and oxygen atoms in total. The van der Waals surface area contributed by atoms with Gasteiger partial charge in [0.05, 0.1) is 29.9 Å². The lowest BCUT2D eigenvalue weighted by molar-refractivity contribution is 0.0369. The molecule has 4 heterocycles. The molecule has 0 bridgehead atoms. The largest absolute Gasteiger partial charge is 0.379 e. The van der Waals surface area contributed by atoms with Gasteiger partial charge in [-0.25, -0.2) is 4.98 Å². The Balaban J connectivity index is 1.33. The first-order chi connectivity index (χ1) is 12.9. The number of rotatable bonds is 6. The molecule has 1 saturated carbocycles. The van der Waals surface area contributed by atoms with Gasteiger partial charge >= 0.3 is 0 Å². The topological polar surface area (TPSA) is 59.0 Å². The number of hydrogen-bond acceptors (Lipinski definition) is 4. The van der Waals surface area contributed by atoms with Gasteiger partial charge in [0, 0.05) is 56.3 Å². The zero-order valence-corrected chi connectivity index (χ0v) is 15.0. The highest BCUT2D eigenvalue weighted by atomic mass is 16.5. The predicted octanol–water partition coefficient (Wildman–Crippen LogP) is 3.03. The van der Waals surface area contributed by atoms with Crippen molar-refractivity contribution in [1.82, 2.24) is 24.4 Å². The minimum Gasteiger partial charge on any atom is -0.379 e. The normalized spacial score (nSPS) is 18.6. The van der Waals surface area contributed by atoms with Crippen LogP contribution in [-0.2, 0) is 11.3 Å². The Morgan fingerprint density at radius 3 is 2.92 bits per heavy atom. The molecule has 0 amide bonds. The van der Waals surface area contributed by atoms with Crippen molar-refractivity contribution in [2.24, 2.45) is 0 Å². The van der Waals surface area contributed by atoms with Gasteiger partial charge < -0.3 is 14.3 Å². The van der Waals surface area contributed by atoms with E-state index in [0.29, 0.717) is 5.92 Å². The number of morpholine rings is 1. The molecule has 0 aromatic carbocycles. The van der Waals surface area contributed by atoms with Crippen molar-refractivity contribution >= 4 is 11.0 Å². The van der Waals surface area contributed by atoms with Crippen molar-refractivity contribution in [3.05, 3.63) is 36.5 Å². The minimum absolute atomic E-state index is 0.648. The van der Waals surface area contributed by atoms with Crippen molar-refractivity contribution in [3.8, 4) is 11.3 Å². The van der Waals surface area contributed by atoms with Crippen LogP contribution >= 0.6 is 0 Å². The summed E-state index contributed by atoms with van der Waals surface area (Å²) >= 11 is 0.